The first-order valence-electron chi connectivity index (χ1n) is 4.44. The van der Waals surface area contributed by atoms with Crippen LogP contribution in [0.15, 0.2) is 0 Å². The van der Waals surface area contributed by atoms with Gasteiger partial charge in [0.05, 0.1) is 0 Å². The van der Waals surface area contributed by atoms with Crippen LogP contribution in [0.2, 0.25) is 0 Å². The van der Waals surface area contributed by atoms with E-state index in [0.717, 1.165) is 13.0 Å². The Bertz CT molecular complexity index is 51.8. The van der Waals surface area contributed by atoms with Crippen molar-refractivity contribution in [3.8, 4) is 0 Å². The Morgan fingerprint density at radius 2 is 1.67 bits per heavy atom. The Hall–Kier alpha value is 0.583. The van der Waals surface area contributed by atoms with Crippen LogP contribution < -0.4 is 0 Å². The van der Waals surface area contributed by atoms with Crippen molar-refractivity contribution < 1.29 is 19.5 Å². The molecule has 0 aromatic heterocycles. The smallest absolute Gasteiger partial charge is 0.342 e. The van der Waals surface area contributed by atoms with Crippen molar-refractivity contribution in [1.29, 1.82) is 0 Å². The monoisotopic (exact) mass is 221 g/mol. The molecule has 0 spiro atoms. The maximum absolute atomic E-state index is 3.77. The van der Waals surface area contributed by atoms with Crippen LogP contribution in [0.1, 0.15) is 33.6 Å². The molecule has 0 aliphatic heterocycles. The first-order valence-corrected chi connectivity index (χ1v) is 4.44. The molecule has 0 amide bonds. The fourth-order valence-corrected chi connectivity index (χ4v) is 0.763. The summed E-state index contributed by atoms with van der Waals surface area (Å²) in [5.41, 5.74) is 0. The summed E-state index contributed by atoms with van der Waals surface area (Å²) >= 11 is 0. The van der Waals surface area contributed by atoms with Crippen LogP contribution in [0.3, 0.4) is 0 Å². The number of rotatable bonds is 4. The van der Waals surface area contributed by atoms with Gasteiger partial charge in [0.15, 0.2) is 0 Å². The van der Waals surface area contributed by atoms with Gasteiger partial charge >= 0.3 is 19.5 Å². The molecule has 12 heavy (non-hydrogen) atoms. The van der Waals surface area contributed by atoms with Crippen molar-refractivity contribution in [2.24, 2.45) is 0 Å². The second-order valence-corrected chi connectivity index (χ2v) is 2.73. The van der Waals surface area contributed by atoms with Crippen LogP contribution in [0.4, 0.5) is 0 Å². The van der Waals surface area contributed by atoms with E-state index < -0.39 is 0 Å². The molecule has 0 heterocycles. The average Bonchev–Trinajstić information content (AvgIpc) is 1.90. The van der Waals surface area contributed by atoms with Gasteiger partial charge in [0.1, 0.15) is 0 Å². The molecule has 0 N–H and O–H groups in total. The molecule has 0 aromatic carbocycles. The molecule has 0 saturated carbocycles. The van der Waals surface area contributed by atoms with E-state index in [0.29, 0.717) is 0 Å². The molecular formula is C10H23NZn. The van der Waals surface area contributed by atoms with Crippen LogP contribution in [0, 0.1) is 13.3 Å². The fraction of sp³-hybridized carbons (Fsp3) is 0.800. The van der Waals surface area contributed by atoms with E-state index in [-0.39, 0.29) is 19.5 Å². The molecule has 0 fully saturated rings. The third-order valence-electron chi connectivity index (χ3n) is 1.15. The van der Waals surface area contributed by atoms with Gasteiger partial charge in [-0.15, -0.1) is 0 Å². The minimum Gasteiger partial charge on any atom is -0.342 e. The molecule has 0 bridgehead atoms. The van der Waals surface area contributed by atoms with Crippen LogP contribution in [0.5, 0.6) is 0 Å². The quantitative estimate of drug-likeness (QED) is 0.522. The summed E-state index contributed by atoms with van der Waals surface area (Å²) < 4.78 is 0. The first-order chi connectivity index (χ1) is 5.22. The van der Waals surface area contributed by atoms with E-state index in [1.54, 1.807) is 0 Å². The molecule has 0 radical (unpaired) electrons. The van der Waals surface area contributed by atoms with Crippen LogP contribution in [-0.4, -0.2) is 25.0 Å². The van der Waals surface area contributed by atoms with Crippen molar-refractivity contribution in [2.75, 3.05) is 20.1 Å². The maximum Gasteiger partial charge on any atom is 2.00 e. The summed E-state index contributed by atoms with van der Waals surface area (Å²) in [5, 5.41) is 0. The van der Waals surface area contributed by atoms with Crippen LogP contribution in [-0.2, 0) is 19.5 Å². The molecule has 0 saturated heterocycles. The minimum atomic E-state index is 0. The molecule has 0 rings (SSSR count). The third kappa shape index (κ3) is 22.4. The summed E-state index contributed by atoms with van der Waals surface area (Å²) in [6.07, 6.45) is 4.27. The minimum absolute atomic E-state index is 0. The SMILES string of the molecule is C[CH-]C.[CH2-]CCN(C)CCC.[Zn+2]. The van der Waals surface area contributed by atoms with Gasteiger partial charge < -0.3 is 18.2 Å². The normalized spacial score (nSPS) is 8.50. The zero-order valence-electron chi connectivity index (χ0n) is 9.27. The molecule has 0 aliphatic rings. The number of hydrogen-bond acceptors (Lipinski definition) is 1. The van der Waals surface area contributed by atoms with Gasteiger partial charge in [-0.25, -0.2) is 0 Å². The maximum atomic E-state index is 3.77. The second kappa shape index (κ2) is 17.6. The van der Waals surface area contributed by atoms with Gasteiger partial charge in [-0.05, 0) is 26.6 Å². The van der Waals surface area contributed by atoms with E-state index in [1.165, 1.54) is 13.0 Å². The van der Waals surface area contributed by atoms with Crippen LogP contribution in [0.25, 0.3) is 0 Å². The topological polar surface area (TPSA) is 3.24 Å². The Morgan fingerprint density at radius 1 is 1.25 bits per heavy atom. The molecule has 70 valence electrons. The van der Waals surface area contributed by atoms with Crippen molar-refractivity contribution >= 4 is 0 Å². The van der Waals surface area contributed by atoms with Crippen molar-refractivity contribution in [3.63, 3.8) is 0 Å². The van der Waals surface area contributed by atoms with Crippen molar-refractivity contribution in [3.05, 3.63) is 13.3 Å². The van der Waals surface area contributed by atoms with Gasteiger partial charge in [-0.2, -0.15) is 20.3 Å². The van der Waals surface area contributed by atoms with E-state index in [9.17, 15) is 0 Å². The van der Waals surface area contributed by atoms with E-state index in [4.69, 9.17) is 0 Å². The average molecular weight is 223 g/mol. The summed E-state index contributed by atoms with van der Waals surface area (Å²) in [7, 11) is 2.13. The van der Waals surface area contributed by atoms with Gasteiger partial charge in [0.25, 0.3) is 0 Å². The van der Waals surface area contributed by atoms with E-state index in [2.05, 4.69) is 25.8 Å². The molecule has 0 aromatic rings. The van der Waals surface area contributed by atoms with Crippen molar-refractivity contribution in [2.45, 2.75) is 33.6 Å². The van der Waals surface area contributed by atoms with E-state index in [1.807, 2.05) is 20.3 Å². The first kappa shape index (κ1) is 18.4. The van der Waals surface area contributed by atoms with Gasteiger partial charge in [-0.3, -0.25) is 0 Å². The predicted octanol–water partition coefficient (Wildman–Crippen LogP) is 2.78. The van der Waals surface area contributed by atoms with Crippen LogP contribution >= 0.6 is 0 Å². The molecule has 0 atom stereocenters. The largest absolute Gasteiger partial charge is 2.00 e. The number of nitrogens with zero attached hydrogens (tertiary/aromatic N) is 1. The molecule has 0 aliphatic carbocycles. The second-order valence-electron chi connectivity index (χ2n) is 2.73. The van der Waals surface area contributed by atoms with Gasteiger partial charge in [-0.1, -0.05) is 6.92 Å². The Kier molecular flexibility index (Phi) is 27.0. The predicted molar refractivity (Wildman–Crippen MR) is 53.4 cm³/mol. The molecular weight excluding hydrogens is 200 g/mol. The van der Waals surface area contributed by atoms with Gasteiger partial charge in [0, 0.05) is 0 Å². The summed E-state index contributed by atoms with van der Waals surface area (Å²) in [4.78, 5) is 2.30. The Labute approximate surface area is 91.7 Å². The Morgan fingerprint density at radius 3 is 1.92 bits per heavy atom. The standard InChI is InChI=1S/C7H16N.C3H7.Zn/c1-4-6-8(3)7-5-2;1-3-2;/h1,4-7H2,2-3H3;3H,1-2H3;/q2*-1;+2. The zero-order chi connectivity index (χ0) is 9.11. The number of hydrogen-bond donors (Lipinski definition) is 0. The molecule has 0 unspecified atom stereocenters. The summed E-state index contributed by atoms with van der Waals surface area (Å²) in [6.45, 7) is 12.3. The van der Waals surface area contributed by atoms with Gasteiger partial charge in [0.2, 0.25) is 0 Å². The zero-order valence-corrected chi connectivity index (χ0v) is 12.2. The van der Waals surface area contributed by atoms with Crippen molar-refractivity contribution in [1.82, 2.24) is 4.90 Å². The summed E-state index contributed by atoms with van der Waals surface area (Å²) in [6, 6.07) is 0. The summed E-state index contributed by atoms with van der Waals surface area (Å²) in [5.74, 6) is 0. The third-order valence-corrected chi connectivity index (χ3v) is 1.15. The Balaban J connectivity index is -0.000000177. The fourth-order valence-electron chi connectivity index (χ4n) is 0.763. The molecule has 1 nitrogen and oxygen atoms in total. The molecule has 2 heteroatoms. The van der Waals surface area contributed by atoms with E-state index >= 15 is 0 Å².